The molecule has 0 spiro atoms. The van der Waals surface area contributed by atoms with Crippen LogP contribution in [0.5, 0.6) is 5.75 Å². The van der Waals surface area contributed by atoms with Gasteiger partial charge in [-0.3, -0.25) is 4.79 Å². The van der Waals surface area contributed by atoms with E-state index in [9.17, 15) is 4.79 Å². The Morgan fingerprint density at radius 2 is 1.75 bits per heavy atom. The molecule has 0 bridgehead atoms. The Kier molecular flexibility index (Phi) is 4.60. The predicted octanol–water partition coefficient (Wildman–Crippen LogP) is 2.34. The van der Waals surface area contributed by atoms with Gasteiger partial charge >= 0.3 is 0 Å². The van der Waals surface area contributed by atoms with Crippen molar-refractivity contribution in [2.24, 2.45) is 5.73 Å². The second-order valence-electron chi connectivity index (χ2n) is 4.47. The number of nitrogens with one attached hydrogen (secondary N) is 1. The molecule has 0 aromatic heterocycles. The van der Waals surface area contributed by atoms with Crippen molar-refractivity contribution in [2.45, 2.75) is 13.0 Å². The van der Waals surface area contributed by atoms with Gasteiger partial charge in [-0.2, -0.15) is 0 Å². The van der Waals surface area contributed by atoms with Crippen LogP contribution in [0.25, 0.3) is 0 Å². The molecular formula is C16H18N2O2. The molecule has 0 heterocycles. The van der Waals surface area contributed by atoms with Crippen LogP contribution in [-0.4, -0.2) is 13.0 Å². The fraction of sp³-hybridized carbons (Fsp3) is 0.188. The maximum atomic E-state index is 11.1. The Morgan fingerprint density at radius 1 is 1.10 bits per heavy atom. The van der Waals surface area contributed by atoms with Gasteiger partial charge in [0.25, 0.3) is 0 Å². The van der Waals surface area contributed by atoms with E-state index in [1.165, 1.54) is 0 Å². The maximum absolute atomic E-state index is 11.1. The summed E-state index contributed by atoms with van der Waals surface area (Å²) in [5.74, 6) is 0.504. The monoisotopic (exact) mass is 270 g/mol. The van der Waals surface area contributed by atoms with Gasteiger partial charge in [-0.05, 0) is 17.7 Å². The molecule has 3 N–H and O–H groups in total. The van der Waals surface area contributed by atoms with Crippen molar-refractivity contribution in [2.75, 3.05) is 12.4 Å². The largest absolute Gasteiger partial charge is 0.496 e. The molecule has 0 unspecified atom stereocenters. The van der Waals surface area contributed by atoms with E-state index in [1.807, 2.05) is 48.5 Å². The molecule has 0 saturated heterocycles. The lowest BCUT2D eigenvalue weighted by Gasteiger charge is -2.13. The molecule has 104 valence electrons. The van der Waals surface area contributed by atoms with Crippen LogP contribution < -0.4 is 15.8 Å². The lowest BCUT2D eigenvalue weighted by molar-refractivity contribution is -0.117. The Bertz CT molecular complexity index is 597. The van der Waals surface area contributed by atoms with E-state index in [4.69, 9.17) is 10.5 Å². The quantitative estimate of drug-likeness (QED) is 0.846. The first-order valence-corrected chi connectivity index (χ1v) is 6.42. The Morgan fingerprint density at radius 3 is 2.45 bits per heavy atom. The Hall–Kier alpha value is -2.49. The highest BCUT2D eigenvalue weighted by atomic mass is 16.5. The molecule has 20 heavy (non-hydrogen) atoms. The average Bonchev–Trinajstić information content (AvgIpc) is 2.46. The van der Waals surface area contributed by atoms with Gasteiger partial charge in [-0.15, -0.1) is 0 Å². The molecule has 0 aliphatic carbocycles. The number of carbonyl (C=O) groups is 1. The summed E-state index contributed by atoms with van der Waals surface area (Å²) in [4.78, 5) is 11.1. The van der Waals surface area contributed by atoms with Crippen LogP contribution in [0.2, 0.25) is 0 Å². The zero-order valence-electron chi connectivity index (χ0n) is 11.4. The van der Waals surface area contributed by atoms with Gasteiger partial charge in [-0.1, -0.05) is 36.4 Å². The summed E-state index contributed by atoms with van der Waals surface area (Å²) in [6, 6.07) is 15.5. The van der Waals surface area contributed by atoms with E-state index in [0.29, 0.717) is 6.54 Å². The highest BCUT2D eigenvalue weighted by molar-refractivity contribution is 5.78. The molecule has 0 aliphatic heterocycles. The third-order valence-corrected chi connectivity index (χ3v) is 3.04. The van der Waals surface area contributed by atoms with Crippen LogP contribution >= 0.6 is 0 Å². The number of nitrogens with two attached hydrogens (primary N) is 1. The molecule has 0 radical (unpaired) electrons. The molecule has 0 saturated carbocycles. The lowest BCUT2D eigenvalue weighted by atomic mass is 10.1. The summed E-state index contributed by atoms with van der Waals surface area (Å²) in [6.45, 7) is 0.625. The topological polar surface area (TPSA) is 64.3 Å². The highest BCUT2D eigenvalue weighted by Gasteiger charge is 2.06. The summed E-state index contributed by atoms with van der Waals surface area (Å²) < 4.78 is 5.31. The van der Waals surface area contributed by atoms with Crippen molar-refractivity contribution in [3.63, 3.8) is 0 Å². The number of ether oxygens (including phenoxy) is 1. The molecule has 2 rings (SSSR count). The molecule has 0 aliphatic rings. The van der Waals surface area contributed by atoms with Gasteiger partial charge in [0, 0.05) is 17.8 Å². The molecule has 4 heteroatoms. The van der Waals surface area contributed by atoms with Crippen molar-refractivity contribution in [1.29, 1.82) is 0 Å². The summed E-state index contributed by atoms with van der Waals surface area (Å²) in [6.07, 6.45) is 0.231. The van der Waals surface area contributed by atoms with Gasteiger partial charge < -0.3 is 15.8 Å². The normalized spacial score (nSPS) is 10.1. The average molecular weight is 270 g/mol. The number of rotatable bonds is 6. The Labute approximate surface area is 118 Å². The smallest absolute Gasteiger partial charge is 0.221 e. The first-order valence-electron chi connectivity index (χ1n) is 6.42. The van der Waals surface area contributed by atoms with Crippen LogP contribution in [0.1, 0.15) is 11.1 Å². The second-order valence-corrected chi connectivity index (χ2v) is 4.47. The lowest BCUT2D eigenvalue weighted by Crippen LogP contribution is -2.15. The van der Waals surface area contributed by atoms with Crippen molar-refractivity contribution in [3.8, 4) is 5.75 Å². The number of amides is 1. The van der Waals surface area contributed by atoms with Crippen LogP contribution in [0.3, 0.4) is 0 Å². The van der Waals surface area contributed by atoms with Crippen molar-refractivity contribution < 1.29 is 9.53 Å². The number of anilines is 1. The SMILES string of the molecule is COc1ccccc1CNc1ccccc1CC(N)=O. The predicted molar refractivity (Wildman–Crippen MR) is 79.7 cm³/mol. The van der Waals surface area contributed by atoms with Crippen LogP contribution in [0.4, 0.5) is 5.69 Å². The first-order chi connectivity index (χ1) is 9.70. The van der Waals surface area contributed by atoms with E-state index in [0.717, 1.165) is 22.6 Å². The number of methoxy groups -OCH3 is 1. The number of benzene rings is 2. The van der Waals surface area contributed by atoms with Crippen LogP contribution in [0.15, 0.2) is 48.5 Å². The van der Waals surface area contributed by atoms with E-state index < -0.39 is 0 Å². The van der Waals surface area contributed by atoms with Gasteiger partial charge in [-0.25, -0.2) is 0 Å². The summed E-state index contributed by atoms with van der Waals surface area (Å²) in [5.41, 5.74) is 8.13. The molecule has 4 nitrogen and oxygen atoms in total. The molecule has 2 aromatic carbocycles. The zero-order valence-corrected chi connectivity index (χ0v) is 11.4. The first kappa shape index (κ1) is 13.9. The van der Waals surface area contributed by atoms with Crippen molar-refractivity contribution >= 4 is 11.6 Å². The summed E-state index contributed by atoms with van der Waals surface area (Å²) in [7, 11) is 1.65. The fourth-order valence-corrected chi connectivity index (χ4v) is 2.07. The number of primary amides is 1. The third kappa shape index (κ3) is 3.51. The van der Waals surface area contributed by atoms with Crippen molar-refractivity contribution in [1.82, 2.24) is 0 Å². The van der Waals surface area contributed by atoms with Crippen molar-refractivity contribution in [3.05, 3.63) is 59.7 Å². The second kappa shape index (κ2) is 6.61. The van der Waals surface area contributed by atoms with Gasteiger partial charge in [0.2, 0.25) is 5.91 Å². The van der Waals surface area contributed by atoms with Gasteiger partial charge in [0.15, 0.2) is 0 Å². The molecule has 0 fully saturated rings. The minimum absolute atomic E-state index is 0.231. The number of hydrogen-bond acceptors (Lipinski definition) is 3. The van der Waals surface area contributed by atoms with E-state index >= 15 is 0 Å². The molecule has 0 atom stereocenters. The number of hydrogen-bond donors (Lipinski definition) is 2. The Balaban J connectivity index is 2.12. The summed E-state index contributed by atoms with van der Waals surface area (Å²) in [5, 5.41) is 3.32. The standard InChI is InChI=1S/C16H18N2O2/c1-20-15-9-5-3-7-13(15)11-18-14-8-4-2-6-12(14)10-16(17)19/h2-9,18H,10-11H2,1H3,(H2,17,19). The molecule has 1 amide bonds. The fourth-order valence-electron chi connectivity index (χ4n) is 2.07. The molecular weight excluding hydrogens is 252 g/mol. The summed E-state index contributed by atoms with van der Waals surface area (Å²) >= 11 is 0. The number of carbonyl (C=O) groups excluding carboxylic acids is 1. The maximum Gasteiger partial charge on any atom is 0.221 e. The third-order valence-electron chi connectivity index (χ3n) is 3.04. The van der Waals surface area contributed by atoms with Gasteiger partial charge in [0.1, 0.15) is 5.75 Å². The van der Waals surface area contributed by atoms with E-state index in [2.05, 4.69) is 5.32 Å². The highest BCUT2D eigenvalue weighted by Crippen LogP contribution is 2.21. The minimum atomic E-state index is -0.337. The van der Waals surface area contributed by atoms with Gasteiger partial charge in [0.05, 0.1) is 13.5 Å². The van der Waals surface area contributed by atoms with Crippen LogP contribution in [-0.2, 0) is 17.8 Å². The number of para-hydroxylation sites is 2. The van der Waals surface area contributed by atoms with Crippen LogP contribution in [0, 0.1) is 0 Å². The molecule has 2 aromatic rings. The zero-order chi connectivity index (χ0) is 14.4. The van der Waals surface area contributed by atoms with E-state index in [-0.39, 0.29) is 12.3 Å². The van der Waals surface area contributed by atoms with E-state index in [1.54, 1.807) is 7.11 Å². The minimum Gasteiger partial charge on any atom is -0.496 e.